The summed E-state index contributed by atoms with van der Waals surface area (Å²) in [6, 6.07) is 10.8. The van der Waals surface area contributed by atoms with Crippen molar-refractivity contribution in [1.29, 1.82) is 0 Å². The Morgan fingerprint density at radius 1 is 1.17 bits per heavy atom. The molecule has 5 nitrogen and oxygen atoms in total. The summed E-state index contributed by atoms with van der Waals surface area (Å²) >= 11 is 0. The van der Waals surface area contributed by atoms with Gasteiger partial charge in [0.1, 0.15) is 11.6 Å². The molecule has 2 fully saturated rings. The number of carboxylic acid groups (broad SMARTS) is 1. The van der Waals surface area contributed by atoms with Crippen LogP contribution in [-0.2, 0) is 16.0 Å². The van der Waals surface area contributed by atoms with Gasteiger partial charge in [-0.05, 0) is 92.3 Å². The molecule has 1 saturated carbocycles. The van der Waals surface area contributed by atoms with Gasteiger partial charge in [0.25, 0.3) is 0 Å². The summed E-state index contributed by atoms with van der Waals surface area (Å²) < 4.78 is 22.0. The average molecular weight is 496 g/mol. The highest BCUT2D eigenvalue weighted by molar-refractivity contribution is 5.92. The van der Waals surface area contributed by atoms with Crippen molar-refractivity contribution in [3.8, 4) is 11.4 Å². The molecule has 5 rings (SSSR count). The highest BCUT2D eigenvalue weighted by Gasteiger charge is 2.44. The lowest BCUT2D eigenvalue weighted by Gasteiger charge is -2.43. The zero-order valence-electron chi connectivity index (χ0n) is 21.8. The van der Waals surface area contributed by atoms with Gasteiger partial charge in [-0.15, -0.1) is 0 Å². The van der Waals surface area contributed by atoms with Gasteiger partial charge in [-0.25, -0.2) is 4.39 Å². The minimum Gasteiger partial charge on any atom is -0.507 e. The molecule has 0 bridgehead atoms. The summed E-state index contributed by atoms with van der Waals surface area (Å²) in [4.78, 5) is 11.4. The average Bonchev–Trinajstić information content (AvgIpc) is 3.20. The van der Waals surface area contributed by atoms with Gasteiger partial charge < -0.3 is 19.5 Å². The number of aryl methyl sites for hydroxylation is 2. The van der Waals surface area contributed by atoms with Crippen molar-refractivity contribution in [1.82, 2.24) is 4.57 Å². The van der Waals surface area contributed by atoms with Gasteiger partial charge in [-0.1, -0.05) is 26.8 Å². The number of benzene rings is 2. The van der Waals surface area contributed by atoms with Crippen molar-refractivity contribution in [3.63, 3.8) is 0 Å². The van der Waals surface area contributed by atoms with Gasteiger partial charge in [-0.3, -0.25) is 4.79 Å². The van der Waals surface area contributed by atoms with E-state index in [1.54, 1.807) is 13.0 Å². The van der Waals surface area contributed by atoms with Crippen molar-refractivity contribution in [2.75, 3.05) is 13.2 Å². The first-order valence-electron chi connectivity index (χ1n) is 13.2. The third kappa shape index (κ3) is 4.88. The third-order valence-electron chi connectivity index (χ3n) is 7.93. The van der Waals surface area contributed by atoms with Gasteiger partial charge in [0.2, 0.25) is 0 Å². The van der Waals surface area contributed by atoms with Crippen LogP contribution in [0.3, 0.4) is 0 Å². The van der Waals surface area contributed by atoms with E-state index in [9.17, 15) is 19.4 Å². The maximum absolute atomic E-state index is 14.1. The van der Waals surface area contributed by atoms with Crippen LogP contribution in [0.4, 0.5) is 4.39 Å². The highest BCUT2D eigenvalue weighted by Crippen LogP contribution is 2.50. The lowest BCUT2D eigenvalue weighted by molar-refractivity contribution is -0.149. The maximum Gasteiger partial charge on any atom is 0.306 e. The van der Waals surface area contributed by atoms with Crippen molar-refractivity contribution in [2.45, 2.75) is 72.1 Å². The van der Waals surface area contributed by atoms with E-state index in [0.29, 0.717) is 31.6 Å². The van der Waals surface area contributed by atoms with Crippen LogP contribution in [0.5, 0.6) is 5.75 Å². The molecule has 0 atom stereocenters. The number of hydrogen-bond acceptors (Lipinski definition) is 3. The Bertz CT molecular complexity index is 1240. The number of aromatic nitrogens is 1. The Balaban J connectivity index is 0.00000148. The smallest absolute Gasteiger partial charge is 0.306 e. The summed E-state index contributed by atoms with van der Waals surface area (Å²) in [5.74, 6) is -0.678. The Hall–Kier alpha value is -2.86. The minimum atomic E-state index is -0.707. The van der Waals surface area contributed by atoms with Crippen LogP contribution in [-0.4, -0.2) is 34.0 Å². The van der Waals surface area contributed by atoms with E-state index >= 15 is 0 Å². The lowest BCUT2D eigenvalue weighted by Crippen LogP contribution is -2.39. The molecule has 2 aromatic carbocycles. The van der Waals surface area contributed by atoms with E-state index in [0.717, 1.165) is 47.8 Å². The van der Waals surface area contributed by atoms with Crippen LogP contribution in [0.1, 0.15) is 75.6 Å². The zero-order chi connectivity index (χ0) is 26.0. The number of rotatable bonds is 6. The summed E-state index contributed by atoms with van der Waals surface area (Å²) in [5.41, 5.74) is 4.68. The number of carbonyl (C=O) groups is 1. The van der Waals surface area contributed by atoms with Gasteiger partial charge >= 0.3 is 5.97 Å². The number of hydrogen-bond donors (Lipinski definition) is 2. The fourth-order valence-electron chi connectivity index (χ4n) is 6.05. The standard InChI is InChI=1S/C28H32FNO4.C2H6/c1-17-14-20(6-7-22(17)29)30-23-4-3-5-24(31)25(23)21(26(30)18-9-12-34-13-10-18)8-11-28(2)15-19(16-28)27(32)33;1-2/h3-7,14,18-19,31H,8-13,15-16H2,1-2H3,(H,32,33);1-2H3. The zero-order valence-corrected chi connectivity index (χ0v) is 21.8. The van der Waals surface area contributed by atoms with Crippen molar-refractivity contribution >= 4 is 16.9 Å². The second-order valence-corrected chi connectivity index (χ2v) is 10.4. The van der Waals surface area contributed by atoms with Crippen molar-refractivity contribution < 1.29 is 24.1 Å². The Kier molecular flexibility index (Phi) is 7.74. The Morgan fingerprint density at radius 3 is 2.50 bits per heavy atom. The van der Waals surface area contributed by atoms with Crippen LogP contribution in [0.2, 0.25) is 0 Å². The summed E-state index contributed by atoms with van der Waals surface area (Å²) in [7, 11) is 0. The molecule has 2 heterocycles. The summed E-state index contributed by atoms with van der Waals surface area (Å²) in [6.45, 7) is 9.33. The third-order valence-corrected chi connectivity index (χ3v) is 7.93. The number of phenolic OH excluding ortho intramolecular Hbond substituents is 1. The van der Waals surface area contributed by atoms with Crippen LogP contribution >= 0.6 is 0 Å². The second-order valence-electron chi connectivity index (χ2n) is 10.4. The SMILES string of the molecule is CC.Cc1cc(-n2c(C3CCOCC3)c(CCC3(C)CC(C(=O)O)C3)c3c(O)cccc32)ccc1F. The number of aliphatic carboxylic acids is 1. The predicted molar refractivity (Wildman–Crippen MR) is 141 cm³/mol. The lowest BCUT2D eigenvalue weighted by atomic mass is 9.61. The first-order chi connectivity index (χ1) is 17.3. The Morgan fingerprint density at radius 2 is 1.86 bits per heavy atom. The molecule has 0 spiro atoms. The van der Waals surface area contributed by atoms with Gasteiger partial charge in [0, 0.05) is 35.9 Å². The first kappa shape index (κ1) is 26.2. The normalized spacial score (nSPS) is 22.1. The van der Waals surface area contributed by atoms with Gasteiger partial charge in [0.15, 0.2) is 0 Å². The molecular formula is C30H38FNO4. The topological polar surface area (TPSA) is 71.7 Å². The van der Waals surface area contributed by atoms with Crippen LogP contribution in [0.25, 0.3) is 16.6 Å². The molecule has 1 aromatic heterocycles. The van der Waals surface area contributed by atoms with E-state index in [2.05, 4.69) is 11.5 Å². The fraction of sp³-hybridized carbons (Fsp3) is 0.500. The van der Waals surface area contributed by atoms with E-state index in [-0.39, 0.29) is 28.8 Å². The van der Waals surface area contributed by atoms with Crippen molar-refractivity contribution in [2.24, 2.45) is 11.3 Å². The molecule has 0 radical (unpaired) electrons. The molecule has 0 amide bonds. The molecule has 2 N–H and O–H groups in total. The van der Waals surface area contributed by atoms with Gasteiger partial charge in [-0.2, -0.15) is 0 Å². The number of ether oxygens (including phenoxy) is 1. The molecule has 1 aliphatic carbocycles. The van der Waals surface area contributed by atoms with Crippen molar-refractivity contribution in [3.05, 3.63) is 59.0 Å². The molecule has 194 valence electrons. The van der Waals surface area contributed by atoms with Gasteiger partial charge in [0.05, 0.1) is 11.4 Å². The number of halogens is 1. The molecule has 1 aliphatic heterocycles. The van der Waals surface area contributed by atoms with E-state index < -0.39 is 5.97 Å². The van der Waals surface area contributed by atoms with Crippen LogP contribution < -0.4 is 0 Å². The molecule has 36 heavy (non-hydrogen) atoms. The van der Waals surface area contributed by atoms with Crippen LogP contribution in [0.15, 0.2) is 36.4 Å². The largest absolute Gasteiger partial charge is 0.507 e. The molecule has 2 aliphatic rings. The summed E-state index contributed by atoms with van der Waals surface area (Å²) in [6.07, 6.45) is 4.79. The highest BCUT2D eigenvalue weighted by atomic mass is 19.1. The number of phenols is 1. The fourth-order valence-corrected chi connectivity index (χ4v) is 6.05. The molecule has 1 saturated heterocycles. The maximum atomic E-state index is 14.1. The number of carboxylic acids is 1. The minimum absolute atomic E-state index is 0.0126. The predicted octanol–water partition coefficient (Wildman–Crippen LogP) is 7.14. The first-order valence-corrected chi connectivity index (χ1v) is 13.2. The monoisotopic (exact) mass is 495 g/mol. The molecule has 0 unspecified atom stereocenters. The number of nitrogens with zero attached hydrogens (tertiary/aromatic N) is 1. The van der Waals surface area contributed by atoms with Crippen LogP contribution in [0, 0.1) is 24.1 Å². The summed E-state index contributed by atoms with van der Waals surface area (Å²) in [5, 5.41) is 21.2. The molecule has 3 aromatic rings. The number of fused-ring (bicyclic) bond motifs is 1. The number of aromatic hydroxyl groups is 1. The molecular weight excluding hydrogens is 457 g/mol. The van der Waals surface area contributed by atoms with E-state index in [1.807, 2.05) is 38.1 Å². The molecule has 6 heteroatoms. The quantitative estimate of drug-likeness (QED) is 0.381. The van der Waals surface area contributed by atoms with E-state index in [4.69, 9.17) is 4.74 Å². The Labute approximate surface area is 212 Å². The van der Waals surface area contributed by atoms with E-state index in [1.165, 1.54) is 11.8 Å². The second kappa shape index (κ2) is 10.6.